The summed E-state index contributed by atoms with van der Waals surface area (Å²) in [7, 11) is 0. The molecular weight excluding hydrogens is 246 g/mol. The molecule has 1 aromatic heterocycles. The number of rotatable bonds is 4. The highest BCUT2D eigenvalue weighted by Crippen LogP contribution is 2.31. The summed E-state index contributed by atoms with van der Waals surface area (Å²) < 4.78 is 1.76. The van der Waals surface area contributed by atoms with Crippen molar-refractivity contribution >= 4 is 11.4 Å². The lowest BCUT2D eigenvalue weighted by molar-refractivity contribution is -0.384. The van der Waals surface area contributed by atoms with E-state index in [1.54, 1.807) is 23.1 Å². The van der Waals surface area contributed by atoms with Crippen molar-refractivity contribution in [2.45, 2.75) is 13.0 Å². The third-order valence-electron chi connectivity index (χ3n) is 3.34. The SMILES string of the molecule is O=[N+]([O-])c1ccc2c(c1)N(CCn1cncn1)CC2. The quantitative estimate of drug-likeness (QED) is 0.610. The first-order valence-electron chi connectivity index (χ1n) is 6.09. The Bertz CT molecular complexity index is 596. The van der Waals surface area contributed by atoms with Gasteiger partial charge in [-0.2, -0.15) is 5.10 Å². The zero-order valence-electron chi connectivity index (χ0n) is 10.3. The van der Waals surface area contributed by atoms with Crippen molar-refractivity contribution < 1.29 is 4.92 Å². The summed E-state index contributed by atoms with van der Waals surface area (Å²) >= 11 is 0. The lowest BCUT2D eigenvalue weighted by atomic mass is 10.1. The van der Waals surface area contributed by atoms with Crippen LogP contribution in [0.3, 0.4) is 0 Å². The molecule has 1 aliphatic rings. The second kappa shape index (κ2) is 4.68. The number of non-ortho nitro benzene ring substituents is 1. The molecule has 0 atom stereocenters. The minimum absolute atomic E-state index is 0.145. The molecule has 1 aromatic carbocycles. The van der Waals surface area contributed by atoms with Gasteiger partial charge in [-0.15, -0.1) is 0 Å². The molecule has 0 saturated carbocycles. The van der Waals surface area contributed by atoms with E-state index in [4.69, 9.17) is 0 Å². The van der Waals surface area contributed by atoms with Gasteiger partial charge in [0.15, 0.2) is 0 Å². The molecule has 7 heteroatoms. The van der Waals surface area contributed by atoms with Gasteiger partial charge in [-0.3, -0.25) is 14.8 Å². The zero-order valence-corrected chi connectivity index (χ0v) is 10.3. The van der Waals surface area contributed by atoms with E-state index >= 15 is 0 Å². The molecule has 0 amide bonds. The molecule has 0 unspecified atom stereocenters. The number of nitro benzene ring substituents is 1. The molecule has 2 aromatic rings. The van der Waals surface area contributed by atoms with E-state index in [0.29, 0.717) is 0 Å². The van der Waals surface area contributed by atoms with Crippen LogP contribution in [-0.4, -0.2) is 32.8 Å². The van der Waals surface area contributed by atoms with E-state index < -0.39 is 0 Å². The maximum absolute atomic E-state index is 10.8. The van der Waals surface area contributed by atoms with Crippen molar-refractivity contribution in [3.63, 3.8) is 0 Å². The Morgan fingerprint density at radius 3 is 3.00 bits per heavy atom. The van der Waals surface area contributed by atoms with Gasteiger partial charge in [-0.05, 0) is 12.0 Å². The Kier molecular flexibility index (Phi) is 2.86. The van der Waals surface area contributed by atoms with Crippen LogP contribution in [0, 0.1) is 10.1 Å². The van der Waals surface area contributed by atoms with Gasteiger partial charge < -0.3 is 4.90 Å². The lowest BCUT2D eigenvalue weighted by Gasteiger charge is -2.18. The number of hydrogen-bond acceptors (Lipinski definition) is 5. The van der Waals surface area contributed by atoms with Crippen molar-refractivity contribution in [2.24, 2.45) is 0 Å². The van der Waals surface area contributed by atoms with Gasteiger partial charge in [0.1, 0.15) is 12.7 Å². The first-order valence-corrected chi connectivity index (χ1v) is 6.09. The van der Waals surface area contributed by atoms with E-state index in [9.17, 15) is 10.1 Å². The van der Waals surface area contributed by atoms with Gasteiger partial charge in [-0.25, -0.2) is 4.98 Å². The Labute approximate surface area is 109 Å². The normalized spacial score (nSPS) is 13.6. The Morgan fingerprint density at radius 1 is 1.37 bits per heavy atom. The highest BCUT2D eigenvalue weighted by molar-refractivity contribution is 5.62. The summed E-state index contributed by atoms with van der Waals surface area (Å²) in [6.45, 7) is 2.39. The number of aromatic nitrogens is 3. The van der Waals surface area contributed by atoms with Gasteiger partial charge in [0, 0.05) is 30.9 Å². The molecule has 0 N–H and O–H groups in total. The molecule has 0 bridgehead atoms. The van der Waals surface area contributed by atoms with Crippen LogP contribution in [0.15, 0.2) is 30.9 Å². The monoisotopic (exact) mass is 259 g/mol. The Morgan fingerprint density at radius 2 is 2.26 bits per heavy atom. The largest absolute Gasteiger partial charge is 0.369 e. The first-order chi connectivity index (χ1) is 9.24. The summed E-state index contributed by atoms with van der Waals surface area (Å²) in [4.78, 5) is 16.5. The predicted octanol–water partition coefficient (Wildman–Crippen LogP) is 1.25. The Hall–Kier alpha value is -2.44. The summed E-state index contributed by atoms with van der Waals surface area (Å²) in [5, 5.41) is 14.9. The minimum atomic E-state index is -0.353. The van der Waals surface area contributed by atoms with E-state index in [1.165, 1.54) is 11.9 Å². The van der Waals surface area contributed by atoms with Crippen molar-refractivity contribution in [3.8, 4) is 0 Å². The average Bonchev–Trinajstić information content (AvgIpc) is 3.05. The van der Waals surface area contributed by atoms with Crippen LogP contribution in [0.2, 0.25) is 0 Å². The van der Waals surface area contributed by atoms with Crippen LogP contribution in [0.4, 0.5) is 11.4 Å². The number of fused-ring (bicyclic) bond motifs is 1. The molecule has 2 heterocycles. The molecule has 0 spiro atoms. The van der Waals surface area contributed by atoms with Gasteiger partial charge in [0.25, 0.3) is 5.69 Å². The van der Waals surface area contributed by atoms with Gasteiger partial charge in [0.05, 0.1) is 11.5 Å². The van der Waals surface area contributed by atoms with Gasteiger partial charge >= 0.3 is 0 Å². The van der Waals surface area contributed by atoms with Crippen LogP contribution in [0.1, 0.15) is 5.56 Å². The highest BCUT2D eigenvalue weighted by atomic mass is 16.6. The maximum atomic E-state index is 10.8. The molecule has 98 valence electrons. The molecule has 19 heavy (non-hydrogen) atoms. The topological polar surface area (TPSA) is 77.1 Å². The molecule has 0 aliphatic carbocycles. The third-order valence-corrected chi connectivity index (χ3v) is 3.34. The fourth-order valence-electron chi connectivity index (χ4n) is 2.35. The van der Waals surface area contributed by atoms with E-state index in [0.717, 1.165) is 31.7 Å². The second-order valence-electron chi connectivity index (χ2n) is 4.47. The van der Waals surface area contributed by atoms with E-state index in [2.05, 4.69) is 15.0 Å². The number of nitro groups is 1. The van der Waals surface area contributed by atoms with Crippen molar-refractivity contribution in [3.05, 3.63) is 46.5 Å². The fraction of sp³-hybridized carbons (Fsp3) is 0.333. The lowest BCUT2D eigenvalue weighted by Crippen LogP contribution is -2.25. The number of hydrogen-bond donors (Lipinski definition) is 0. The minimum Gasteiger partial charge on any atom is -0.369 e. The van der Waals surface area contributed by atoms with Crippen LogP contribution < -0.4 is 4.90 Å². The van der Waals surface area contributed by atoms with Crippen LogP contribution in [0.5, 0.6) is 0 Å². The predicted molar refractivity (Wildman–Crippen MR) is 69.0 cm³/mol. The highest BCUT2D eigenvalue weighted by Gasteiger charge is 2.21. The number of benzene rings is 1. The number of nitrogens with zero attached hydrogens (tertiary/aromatic N) is 5. The maximum Gasteiger partial charge on any atom is 0.271 e. The summed E-state index contributed by atoms with van der Waals surface area (Å²) in [5.74, 6) is 0. The first kappa shape index (κ1) is 11.6. The molecule has 0 saturated heterocycles. The average molecular weight is 259 g/mol. The molecule has 3 rings (SSSR count). The molecule has 7 nitrogen and oxygen atoms in total. The smallest absolute Gasteiger partial charge is 0.271 e. The number of anilines is 1. The van der Waals surface area contributed by atoms with Crippen LogP contribution >= 0.6 is 0 Å². The Balaban J connectivity index is 1.76. The fourth-order valence-corrected chi connectivity index (χ4v) is 2.35. The van der Waals surface area contributed by atoms with Crippen molar-refractivity contribution in [2.75, 3.05) is 18.0 Å². The summed E-state index contributed by atoms with van der Waals surface area (Å²) in [6, 6.07) is 5.08. The zero-order chi connectivity index (χ0) is 13.2. The molecular formula is C12H13N5O2. The van der Waals surface area contributed by atoms with Crippen molar-refractivity contribution in [1.29, 1.82) is 0 Å². The second-order valence-corrected chi connectivity index (χ2v) is 4.47. The summed E-state index contributed by atoms with van der Waals surface area (Å²) in [5.41, 5.74) is 2.28. The molecule has 0 fully saturated rings. The standard InChI is InChI=1S/C12H13N5O2/c18-17(19)11-2-1-10-3-4-15(12(10)7-11)5-6-16-9-13-8-14-16/h1-2,7-9H,3-6H2. The molecule has 0 radical (unpaired) electrons. The van der Waals surface area contributed by atoms with Crippen LogP contribution in [-0.2, 0) is 13.0 Å². The van der Waals surface area contributed by atoms with Gasteiger partial charge in [0.2, 0.25) is 0 Å². The summed E-state index contributed by atoms with van der Waals surface area (Å²) in [6.07, 6.45) is 4.11. The van der Waals surface area contributed by atoms with E-state index in [1.807, 2.05) is 6.07 Å². The van der Waals surface area contributed by atoms with E-state index in [-0.39, 0.29) is 10.6 Å². The van der Waals surface area contributed by atoms with Crippen LogP contribution in [0.25, 0.3) is 0 Å². The van der Waals surface area contributed by atoms with Crippen molar-refractivity contribution in [1.82, 2.24) is 14.8 Å². The van der Waals surface area contributed by atoms with Gasteiger partial charge in [-0.1, -0.05) is 6.07 Å². The molecule has 1 aliphatic heterocycles. The third kappa shape index (κ3) is 2.26.